The van der Waals surface area contributed by atoms with E-state index in [-0.39, 0.29) is 18.2 Å². The number of carbonyl (C=O) groups is 3. The molecule has 33 heavy (non-hydrogen) atoms. The van der Waals surface area contributed by atoms with Crippen LogP contribution in [0.5, 0.6) is 0 Å². The fourth-order valence-corrected chi connectivity index (χ4v) is 4.96. The summed E-state index contributed by atoms with van der Waals surface area (Å²) in [6.07, 6.45) is 4.31. The topological polar surface area (TPSA) is 100 Å². The van der Waals surface area contributed by atoms with Crippen LogP contribution in [0.2, 0.25) is 0 Å². The molecule has 2 aliphatic heterocycles. The summed E-state index contributed by atoms with van der Waals surface area (Å²) in [5, 5.41) is 3.47. The molecule has 2 aromatic carbocycles. The van der Waals surface area contributed by atoms with Crippen LogP contribution in [-0.4, -0.2) is 43.2 Å². The number of aromatic nitrogens is 3. The van der Waals surface area contributed by atoms with Gasteiger partial charge in [-0.15, -0.1) is 0 Å². The molecule has 6 rings (SSSR count). The molecule has 0 aliphatic carbocycles. The Morgan fingerprint density at radius 1 is 1.06 bits per heavy atom. The first-order valence-corrected chi connectivity index (χ1v) is 10.9. The number of nitrogens with one attached hydrogen (secondary N) is 2. The van der Waals surface area contributed by atoms with Crippen LogP contribution >= 0.6 is 0 Å². The number of hydrogen-bond donors (Lipinski definition) is 2. The van der Waals surface area contributed by atoms with E-state index in [1.165, 1.54) is 0 Å². The van der Waals surface area contributed by atoms with Gasteiger partial charge in [-0.2, -0.15) is 0 Å². The lowest BCUT2D eigenvalue weighted by Crippen LogP contribution is -2.52. The Kier molecular flexibility index (Phi) is 4.23. The highest BCUT2D eigenvalue weighted by Gasteiger charge is 2.39. The lowest BCUT2D eigenvalue weighted by atomic mass is 9.99. The molecule has 1 fully saturated rings. The Morgan fingerprint density at radius 2 is 1.94 bits per heavy atom. The number of aromatic amines is 1. The van der Waals surface area contributed by atoms with E-state index in [2.05, 4.69) is 27.4 Å². The highest BCUT2D eigenvalue weighted by atomic mass is 16.2. The molecule has 1 atom stereocenters. The maximum absolute atomic E-state index is 13.0. The second-order valence-electron chi connectivity index (χ2n) is 8.57. The van der Waals surface area contributed by atoms with Crippen LogP contribution in [0.15, 0.2) is 55.0 Å². The van der Waals surface area contributed by atoms with E-state index in [1.807, 2.05) is 48.1 Å². The van der Waals surface area contributed by atoms with Gasteiger partial charge < -0.3 is 14.5 Å². The van der Waals surface area contributed by atoms with Crippen LogP contribution in [0, 0.1) is 0 Å². The van der Waals surface area contributed by atoms with Crippen LogP contribution < -0.4 is 5.32 Å². The summed E-state index contributed by atoms with van der Waals surface area (Å²) >= 11 is 0. The average Bonchev–Trinajstić information content (AvgIpc) is 3.51. The van der Waals surface area contributed by atoms with Crippen LogP contribution in [0.3, 0.4) is 0 Å². The van der Waals surface area contributed by atoms with E-state index in [1.54, 1.807) is 11.2 Å². The molecule has 3 amide bonds. The molecule has 0 saturated carbocycles. The molecule has 0 spiro atoms. The fourth-order valence-electron chi connectivity index (χ4n) is 4.96. The standard InChI is InChI=1S/C25H21N5O3/c1-29-13-27-22(23(29)18-4-2-3-14-9-10-26-21(14)18)15-5-6-17-16(11-15)12-30(25(17)33)19-7-8-20(31)28-24(19)32/h2-6,9-11,13,19,26H,7-8,12H2,1H3,(H,28,31,32)/t19-/m0/s1. The Morgan fingerprint density at radius 3 is 2.79 bits per heavy atom. The maximum atomic E-state index is 13.0. The number of piperidine rings is 1. The van der Waals surface area contributed by atoms with Gasteiger partial charge in [0.25, 0.3) is 5.91 Å². The lowest BCUT2D eigenvalue weighted by Gasteiger charge is -2.29. The molecule has 2 aliphatic rings. The summed E-state index contributed by atoms with van der Waals surface area (Å²) in [4.78, 5) is 46.4. The highest BCUT2D eigenvalue weighted by Crippen LogP contribution is 2.37. The van der Waals surface area contributed by atoms with Gasteiger partial charge in [0.2, 0.25) is 11.8 Å². The zero-order valence-corrected chi connectivity index (χ0v) is 18.0. The summed E-state index contributed by atoms with van der Waals surface area (Å²) in [6.45, 7) is 0.336. The first kappa shape index (κ1) is 19.5. The molecule has 0 radical (unpaired) electrons. The van der Waals surface area contributed by atoms with Crippen molar-refractivity contribution in [2.24, 2.45) is 7.05 Å². The SMILES string of the molecule is Cn1cnc(-c2ccc3c(c2)CN([C@H]2CCC(=O)NC2=O)C3=O)c1-c1cccc2cc[nH]c12. The molecule has 4 heterocycles. The summed E-state index contributed by atoms with van der Waals surface area (Å²) in [7, 11) is 1.97. The zero-order chi connectivity index (χ0) is 22.7. The number of rotatable bonds is 3. The Labute approximate surface area is 189 Å². The molecule has 4 aromatic rings. The van der Waals surface area contributed by atoms with E-state index < -0.39 is 11.9 Å². The van der Waals surface area contributed by atoms with E-state index in [0.717, 1.165) is 39.0 Å². The smallest absolute Gasteiger partial charge is 0.255 e. The second-order valence-corrected chi connectivity index (χ2v) is 8.57. The van der Waals surface area contributed by atoms with Gasteiger partial charge in [-0.3, -0.25) is 19.7 Å². The first-order chi connectivity index (χ1) is 16.0. The molecule has 8 nitrogen and oxygen atoms in total. The molecular formula is C25H21N5O3. The molecule has 1 saturated heterocycles. The predicted octanol–water partition coefficient (Wildman–Crippen LogP) is 3.00. The van der Waals surface area contributed by atoms with Crippen molar-refractivity contribution in [1.29, 1.82) is 0 Å². The Hall–Kier alpha value is -4.20. The van der Waals surface area contributed by atoms with Crippen molar-refractivity contribution in [3.8, 4) is 22.5 Å². The fraction of sp³-hybridized carbons (Fsp3) is 0.200. The number of amides is 3. The Balaban J connectivity index is 1.39. The number of H-pyrrole nitrogens is 1. The van der Waals surface area contributed by atoms with Crippen molar-refractivity contribution < 1.29 is 14.4 Å². The van der Waals surface area contributed by atoms with Crippen molar-refractivity contribution >= 4 is 28.6 Å². The van der Waals surface area contributed by atoms with Crippen LogP contribution in [0.25, 0.3) is 33.4 Å². The van der Waals surface area contributed by atoms with Crippen LogP contribution in [0.1, 0.15) is 28.8 Å². The normalized spacial score (nSPS) is 18.2. The van der Waals surface area contributed by atoms with E-state index in [9.17, 15) is 14.4 Å². The minimum absolute atomic E-state index is 0.177. The number of hydrogen-bond acceptors (Lipinski definition) is 4. The number of para-hydroxylation sites is 1. The largest absolute Gasteiger partial charge is 0.361 e. The van der Waals surface area contributed by atoms with E-state index in [0.29, 0.717) is 18.5 Å². The molecule has 0 unspecified atom stereocenters. The van der Waals surface area contributed by atoms with Crippen LogP contribution in [-0.2, 0) is 23.2 Å². The monoisotopic (exact) mass is 439 g/mol. The quantitative estimate of drug-likeness (QED) is 0.479. The van der Waals surface area contributed by atoms with E-state index >= 15 is 0 Å². The average molecular weight is 439 g/mol. The number of aryl methyl sites for hydroxylation is 1. The molecule has 8 heteroatoms. The van der Waals surface area contributed by atoms with Crippen molar-refractivity contribution in [1.82, 2.24) is 24.8 Å². The third kappa shape index (κ3) is 2.98. The van der Waals surface area contributed by atoms with Crippen molar-refractivity contribution in [3.05, 3.63) is 66.1 Å². The van der Waals surface area contributed by atoms with E-state index in [4.69, 9.17) is 0 Å². The highest BCUT2D eigenvalue weighted by molar-refractivity contribution is 6.06. The maximum Gasteiger partial charge on any atom is 0.255 e. The van der Waals surface area contributed by atoms with Crippen molar-refractivity contribution in [2.45, 2.75) is 25.4 Å². The molecular weight excluding hydrogens is 418 g/mol. The predicted molar refractivity (Wildman–Crippen MR) is 122 cm³/mol. The van der Waals surface area contributed by atoms with Gasteiger partial charge in [-0.1, -0.05) is 24.3 Å². The molecule has 2 N–H and O–H groups in total. The van der Waals surface area contributed by atoms with Gasteiger partial charge in [0.1, 0.15) is 6.04 Å². The number of nitrogens with zero attached hydrogens (tertiary/aromatic N) is 3. The minimum Gasteiger partial charge on any atom is -0.361 e. The number of fused-ring (bicyclic) bond motifs is 2. The van der Waals surface area contributed by atoms with Gasteiger partial charge >= 0.3 is 0 Å². The molecule has 164 valence electrons. The van der Waals surface area contributed by atoms with Gasteiger partial charge in [0.05, 0.1) is 23.2 Å². The third-order valence-corrected chi connectivity index (χ3v) is 6.58. The summed E-state index contributed by atoms with van der Waals surface area (Å²) in [5.41, 5.74) is 6.26. The summed E-state index contributed by atoms with van der Waals surface area (Å²) in [6, 6.07) is 13.3. The second kappa shape index (κ2) is 7.16. The van der Waals surface area contributed by atoms with Gasteiger partial charge in [-0.25, -0.2) is 4.98 Å². The molecule has 2 aromatic heterocycles. The lowest BCUT2D eigenvalue weighted by molar-refractivity contribution is -0.136. The molecule has 0 bridgehead atoms. The van der Waals surface area contributed by atoms with Gasteiger partial charge in [0, 0.05) is 48.3 Å². The summed E-state index contributed by atoms with van der Waals surface area (Å²) in [5.74, 6) is -0.871. The first-order valence-electron chi connectivity index (χ1n) is 10.9. The number of benzene rings is 2. The van der Waals surface area contributed by atoms with Crippen molar-refractivity contribution in [3.63, 3.8) is 0 Å². The van der Waals surface area contributed by atoms with Gasteiger partial charge in [0.15, 0.2) is 0 Å². The number of carbonyl (C=O) groups excluding carboxylic acids is 3. The van der Waals surface area contributed by atoms with Gasteiger partial charge in [-0.05, 0) is 30.2 Å². The summed E-state index contributed by atoms with van der Waals surface area (Å²) < 4.78 is 2.00. The Bertz CT molecular complexity index is 1460. The zero-order valence-electron chi connectivity index (χ0n) is 18.0. The number of imide groups is 1. The third-order valence-electron chi connectivity index (χ3n) is 6.58. The van der Waals surface area contributed by atoms with Crippen molar-refractivity contribution in [2.75, 3.05) is 0 Å². The minimum atomic E-state index is -0.623. The van der Waals surface area contributed by atoms with Crippen LogP contribution in [0.4, 0.5) is 0 Å². The number of imidazole rings is 1.